The number of hydrogen-bond acceptors (Lipinski definition) is 6. The van der Waals surface area contributed by atoms with Crippen molar-refractivity contribution in [2.24, 2.45) is 0 Å². The first kappa shape index (κ1) is 27.6. The molecule has 1 N–H and O–H groups in total. The molecule has 8 nitrogen and oxygen atoms in total. The zero-order valence-electron chi connectivity index (χ0n) is 21.6. The zero-order chi connectivity index (χ0) is 25.4. The number of hydrogen-bond donors (Lipinski definition) is 1. The van der Waals surface area contributed by atoms with Crippen molar-refractivity contribution in [2.75, 3.05) is 26.7 Å². The van der Waals surface area contributed by atoms with Gasteiger partial charge in [-0.15, -0.1) is 0 Å². The molecule has 0 bridgehead atoms. The third kappa shape index (κ3) is 9.67. The lowest BCUT2D eigenvalue weighted by molar-refractivity contribution is 0.0523. The van der Waals surface area contributed by atoms with E-state index in [9.17, 15) is 4.79 Å². The van der Waals surface area contributed by atoms with E-state index in [1.165, 1.54) is 0 Å². The van der Waals surface area contributed by atoms with Crippen molar-refractivity contribution < 1.29 is 14.3 Å². The highest BCUT2D eigenvalue weighted by molar-refractivity contribution is 6.76. The second-order valence-corrected chi connectivity index (χ2v) is 16.3. The maximum absolute atomic E-state index is 11.9. The number of rotatable bonds is 11. The molecule has 0 aliphatic carbocycles. The summed E-state index contributed by atoms with van der Waals surface area (Å²) in [5.41, 5.74) is 2.94. The van der Waals surface area contributed by atoms with E-state index >= 15 is 0 Å². The Balaban J connectivity index is 2.08. The molecule has 0 atom stereocenters. The molecule has 0 radical (unpaired) electrons. The topological polar surface area (TPSA) is 92.4 Å². The average Bonchev–Trinajstić information content (AvgIpc) is 3.11. The van der Waals surface area contributed by atoms with Gasteiger partial charge in [-0.3, -0.25) is 4.90 Å². The van der Waals surface area contributed by atoms with Crippen molar-refractivity contribution in [2.45, 2.75) is 65.3 Å². The van der Waals surface area contributed by atoms with Crippen LogP contribution in [0.5, 0.6) is 0 Å². The third-order valence-corrected chi connectivity index (χ3v) is 6.75. The molecule has 9 heteroatoms. The van der Waals surface area contributed by atoms with Gasteiger partial charge in [0.25, 0.3) is 0 Å². The van der Waals surface area contributed by atoms with Gasteiger partial charge >= 0.3 is 6.09 Å². The molecule has 0 aliphatic rings. The van der Waals surface area contributed by atoms with E-state index in [1.54, 1.807) is 12.1 Å². The Hall–Kier alpha value is -2.67. The summed E-state index contributed by atoms with van der Waals surface area (Å²) in [6, 6.07) is 10.7. The molecule has 1 amide bonds. The highest BCUT2D eigenvalue weighted by Gasteiger charge is 2.18. The number of benzene rings is 1. The Morgan fingerprint density at radius 2 is 1.91 bits per heavy atom. The van der Waals surface area contributed by atoms with Crippen molar-refractivity contribution >= 4 is 14.2 Å². The molecule has 1 heterocycles. The van der Waals surface area contributed by atoms with E-state index in [1.807, 2.05) is 50.8 Å². The predicted molar refractivity (Wildman–Crippen MR) is 137 cm³/mol. The van der Waals surface area contributed by atoms with Crippen LogP contribution in [0.3, 0.4) is 0 Å². The molecule has 0 saturated carbocycles. The van der Waals surface area contributed by atoms with Crippen LogP contribution in [0.15, 0.2) is 30.6 Å². The minimum Gasteiger partial charge on any atom is -0.444 e. The van der Waals surface area contributed by atoms with Crippen molar-refractivity contribution in [3.05, 3.63) is 41.9 Å². The number of likely N-dealkylation sites (N-methyl/N-ethyl adjacent to an activating group) is 1. The number of nitriles is 1. The number of alkyl carbamates (subject to hydrolysis) is 1. The molecule has 0 fully saturated rings. The zero-order valence-corrected chi connectivity index (χ0v) is 22.6. The van der Waals surface area contributed by atoms with Gasteiger partial charge in [0, 0.05) is 39.9 Å². The van der Waals surface area contributed by atoms with Crippen LogP contribution in [0.2, 0.25) is 25.7 Å². The van der Waals surface area contributed by atoms with Crippen molar-refractivity contribution in [1.82, 2.24) is 19.8 Å². The highest BCUT2D eigenvalue weighted by Crippen LogP contribution is 2.24. The summed E-state index contributed by atoms with van der Waals surface area (Å²) < 4.78 is 13.3. The lowest BCUT2D eigenvalue weighted by Crippen LogP contribution is -2.37. The first-order valence-electron chi connectivity index (χ1n) is 11.7. The molecular formula is C25H39N5O3Si. The van der Waals surface area contributed by atoms with Gasteiger partial charge in [-0.25, -0.2) is 9.78 Å². The lowest BCUT2D eigenvalue weighted by Gasteiger charge is -2.22. The van der Waals surface area contributed by atoms with E-state index in [-0.39, 0.29) is 0 Å². The molecule has 0 saturated heterocycles. The number of aromatic nitrogens is 2. The molecule has 34 heavy (non-hydrogen) atoms. The van der Waals surface area contributed by atoms with Crippen LogP contribution in [0, 0.1) is 11.3 Å². The molecule has 2 aromatic rings. The normalized spacial score (nSPS) is 12.0. The number of carbonyl (C=O) groups excluding carboxylic acids is 1. The third-order valence-electron chi connectivity index (χ3n) is 5.04. The van der Waals surface area contributed by atoms with Crippen LogP contribution >= 0.6 is 0 Å². The fraction of sp³-hybridized carbons (Fsp3) is 0.560. The van der Waals surface area contributed by atoms with Gasteiger partial charge in [0.1, 0.15) is 12.3 Å². The number of carbonyl (C=O) groups is 1. The number of imidazole rings is 1. The van der Waals surface area contributed by atoms with Gasteiger partial charge in [0.05, 0.1) is 29.3 Å². The molecule has 0 aliphatic heterocycles. The van der Waals surface area contributed by atoms with Gasteiger partial charge in [-0.05, 0) is 46.0 Å². The Morgan fingerprint density at radius 1 is 1.24 bits per heavy atom. The van der Waals surface area contributed by atoms with Crippen LogP contribution in [-0.4, -0.2) is 61.0 Å². The maximum Gasteiger partial charge on any atom is 0.407 e. The summed E-state index contributed by atoms with van der Waals surface area (Å²) in [4.78, 5) is 18.7. The van der Waals surface area contributed by atoms with E-state index in [0.29, 0.717) is 31.9 Å². The van der Waals surface area contributed by atoms with Gasteiger partial charge in [0.15, 0.2) is 0 Å². The quantitative estimate of drug-likeness (QED) is 0.367. The molecule has 0 unspecified atom stereocenters. The number of nitrogens with one attached hydrogen (secondary N) is 1. The average molecular weight is 486 g/mol. The molecule has 186 valence electrons. The highest BCUT2D eigenvalue weighted by atomic mass is 28.3. The standard InChI is InChI=1S/C25H39N5O3Si/c1-25(2,3)33-24(31)27-12-13-29(4)17-22-23(21-10-8-20(16-26)9-11-21)28-18-30(22)19-32-14-15-34(5,6)7/h8-11,18H,12-15,17,19H2,1-7H3,(H,27,31). The Morgan fingerprint density at radius 3 is 2.50 bits per heavy atom. The fourth-order valence-electron chi connectivity index (χ4n) is 3.17. The van der Waals surface area contributed by atoms with Crippen LogP contribution in [0.4, 0.5) is 4.79 Å². The number of amides is 1. The van der Waals surface area contributed by atoms with Crippen LogP contribution in [0.1, 0.15) is 32.0 Å². The number of nitrogens with zero attached hydrogens (tertiary/aromatic N) is 4. The SMILES string of the molecule is CN(CCNC(=O)OC(C)(C)C)Cc1c(-c2ccc(C#N)cc2)ncn1COCC[Si](C)(C)C. The molecule has 1 aromatic carbocycles. The van der Waals surface area contributed by atoms with Crippen molar-refractivity contribution in [3.63, 3.8) is 0 Å². The van der Waals surface area contributed by atoms with E-state index < -0.39 is 19.8 Å². The molecule has 1 aromatic heterocycles. The molecule has 2 rings (SSSR count). The Labute approximate surface area is 204 Å². The Kier molecular flexibility index (Phi) is 9.86. The summed E-state index contributed by atoms with van der Waals surface area (Å²) in [5, 5.41) is 11.9. The van der Waals surface area contributed by atoms with Crippen molar-refractivity contribution in [3.8, 4) is 17.3 Å². The summed E-state index contributed by atoms with van der Waals surface area (Å²) in [6.07, 6.45) is 1.39. The van der Waals surface area contributed by atoms with Crippen molar-refractivity contribution in [1.29, 1.82) is 5.26 Å². The van der Waals surface area contributed by atoms with Crippen LogP contribution in [-0.2, 0) is 22.7 Å². The monoisotopic (exact) mass is 485 g/mol. The number of ether oxygens (including phenoxy) is 2. The summed E-state index contributed by atoms with van der Waals surface area (Å²) >= 11 is 0. The van der Waals surface area contributed by atoms with Crippen LogP contribution < -0.4 is 5.32 Å². The predicted octanol–water partition coefficient (Wildman–Crippen LogP) is 4.69. The van der Waals surface area contributed by atoms with Gasteiger partial charge in [-0.2, -0.15) is 5.26 Å². The second-order valence-electron chi connectivity index (χ2n) is 10.7. The van der Waals surface area contributed by atoms with E-state index in [0.717, 1.165) is 29.6 Å². The lowest BCUT2D eigenvalue weighted by atomic mass is 10.1. The summed E-state index contributed by atoms with van der Waals surface area (Å²) in [6.45, 7) is 15.5. The summed E-state index contributed by atoms with van der Waals surface area (Å²) in [7, 11) is 0.842. The molecular weight excluding hydrogens is 446 g/mol. The van der Waals surface area contributed by atoms with E-state index in [2.05, 4.69) is 40.9 Å². The summed E-state index contributed by atoms with van der Waals surface area (Å²) in [5.74, 6) is 0. The first-order valence-corrected chi connectivity index (χ1v) is 15.4. The minimum absolute atomic E-state index is 0.417. The smallest absolute Gasteiger partial charge is 0.407 e. The van der Waals surface area contributed by atoms with E-state index in [4.69, 9.17) is 14.7 Å². The van der Waals surface area contributed by atoms with Gasteiger partial charge in [-0.1, -0.05) is 31.8 Å². The maximum atomic E-state index is 11.9. The largest absolute Gasteiger partial charge is 0.444 e. The fourth-order valence-corrected chi connectivity index (χ4v) is 3.92. The minimum atomic E-state index is -1.16. The van der Waals surface area contributed by atoms with Crippen LogP contribution in [0.25, 0.3) is 11.3 Å². The Bertz CT molecular complexity index is 968. The van der Waals surface area contributed by atoms with Gasteiger partial charge in [0.2, 0.25) is 0 Å². The second kappa shape index (κ2) is 12.2. The molecule has 0 spiro atoms. The van der Waals surface area contributed by atoms with Gasteiger partial charge < -0.3 is 19.4 Å². The first-order chi connectivity index (χ1) is 15.9.